The van der Waals surface area contributed by atoms with E-state index in [1.807, 2.05) is 49.4 Å². The lowest BCUT2D eigenvalue weighted by Crippen LogP contribution is -2.55. The highest BCUT2D eigenvalue weighted by Crippen LogP contribution is 2.23. The number of amides is 2. The predicted octanol–water partition coefficient (Wildman–Crippen LogP) is 4.38. The van der Waals surface area contributed by atoms with Gasteiger partial charge in [-0.05, 0) is 39.0 Å². The zero-order valence-electron chi connectivity index (χ0n) is 20.4. The summed E-state index contributed by atoms with van der Waals surface area (Å²) in [5.41, 5.74) is 1.78. The number of aromatic nitrogens is 2. The maximum absolute atomic E-state index is 13.7. The minimum atomic E-state index is -0.630. The van der Waals surface area contributed by atoms with Crippen molar-refractivity contribution in [1.82, 2.24) is 19.8 Å². The number of piperazine rings is 1. The second kappa shape index (κ2) is 11.0. The SMILES string of the molecule is CCOC(=O)c1c(C)nc(-c2ccccc2)nc1C(=O)N1CCN(C(=O)c2cccc(Br)c2)C(C)C1. The Bertz CT molecular complexity index is 1300. The van der Waals surface area contributed by atoms with E-state index in [9.17, 15) is 14.4 Å². The normalized spacial score (nSPS) is 15.5. The van der Waals surface area contributed by atoms with Gasteiger partial charge in [0.15, 0.2) is 5.82 Å². The first-order valence-electron chi connectivity index (χ1n) is 11.8. The monoisotopic (exact) mass is 550 g/mol. The topological polar surface area (TPSA) is 92.7 Å². The van der Waals surface area contributed by atoms with E-state index in [0.29, 0.717) is 36.7 Å². The molecule has 1 saturated heterocycles. The number of halogens is 1. The Morgan fingerprint density at radius 3 is 2.44 bits per heavy atom. The van der Waals surface area contributed by atoms with Crippen LogP contribution in [0.5, 0.6) is 0 Å². The van der Waals surface area contributed by atoms with Crippen LogP contribution in [0.1, 0.15) is 50.7 Å². The van der Waals surface area contributed by atoms with Crippen LogP contribution in [0.25, 0.3) is 11.4 Å². The molecule has 2 heterocycles. The highest BCUT2D eigenvalue weighted by Gasteiger charge is 2.34. The molecule has 0 saturated carbocycles. The Morgan fingerprint density at radius 1 is 1.03 bits per heavy atom. The fourth-order valence-corrected chi connectivity index (χ4v) is 4.67. The summed E-state index contributed by atoms with van der Waals surface area (Å²) in [7, 11) is 0. The van der Waals surface area contributed by atoms with E-state index < -0.39 is 5.97 Å². The zero-order valence-corrected chi connectivity index (χ0v) is 22.0. The number of carbonyl (C=O) groups is 3. The third-order valence-electron chi connectivity index (χ3n) is 6.05. The molecular formula is C27H27BrN4O4. The van der Waals surface area contributed by atoms with Gasteiger partial charge in [-0.2, -0.15) is 0 Å². The van der Waals surface area contributed by atoms with Crippen molar-refractivity contribution in [2.24, 2.45) is 0 Å². The van der Waals surface area contributed by atoms with Gasteiger partial charge in [0.25, 0.3) is 11.8 Å². The molecule has 0 aliphatic carbocycles. The number of rotatable bonds is 5. The molecule has 1 aromatic heterocycles. The molecule has 2 aromatic carbocycles. The average molecular weight is 551 g/mol. The molecule has 186 valence electrons. The smallest absolute Gasteiger partial charge is 0.342 e. The van der Waals surface area contributed by atoms with E-state index in [0.717, 1.165) is 10.0 Å². The number of hydrogen-bond donors (Lipinski definition) is 0. The Hall–Kier alpha value is -3.59. The van der Waals surface area contributed by atoms with E-state index in [-0.39, 0.29) is 35.7 Å². The first-order valence-corrected chi connectivity index (χ1v) is 12.6. The molecular weight excluding hydrogens is 524 g/mol. The number of benzene rings is 2. The Morgan fingerprint density at radius 2 is 1.78 bits per heavy atom. The Kier molecular flexibility index (Phi) is 7.79. The molecule has 1 unspecified atom stereocenters. The van der Waals surface area contributed by atoms with Crippen LogP contribution in [-0.2, 0) is 4.74 Å². The predicted molar refractivity (Wildman–Crippen MR) is 139 cm³/mol. The first kappa shape index (κ1) is 25.5. The van der Waals surface area contributed by atoms with Crippen LogP contribution in [0.15, 0.2) is 59.1 Å². The van der Waals surface area contributed by atoms with Gasteiger partial charge in [-0.1, -0.05) is 52.3 Å². The quantitative estimate of drug-likeness (QED) is 0.437. The van der Waals surface area contributed by atoms with Gasteiger partial charge < -0.3 is 14.5 Å². The maximum Gasteiger partial charge on any atom is 0.342 e. The molecule has 0 bridgehead atoms. The molecule has 8 nitrogen and oxygen atoms in total. The molecule has 4 rings (SSSR count). The fourth-order valence-electron chi connectivity index (χ4n) is 4.27. The van der Waals surface area contributed by atoms with Crippen molar-refractivity contribution >= 4 is 33.7 Å². The second-order valence-electron chi connectivity index (χ2n) is 8.55. The van der Waals surface area contributed by atoms with Gasteiger partial charge in [-0.25, -0.2) is 14.8 Å². The van der Waals surface area contributed by atoms with Crippen LogP contribution in [0, 0.1) is 6.92 Å². The van der Waals surface area contributed by atoms with E-state index in [1.54, 1.807) is 35.8 Å². The number of nitrogens with zero attached hydrogens (tertiary/aromatic N) is 4. The molecule has 0 spiro atoms. The number of hydrogen-bond acceptors (Lipinski definition) is 6. The average Bonchev–Trinajstić information content (AvgIpc) is 2.88. The summed E-state index contributed by atoms with van der Waals surface area (Å²) in [6, 6.07) is 16.3. The van der Waals surface area contributed by atoms with Crippen molar-refractivity contribution in [3.8, 4) is 11.4 Å². The van der Waals surface area contributed by atoms with Crippen LogP contribution in [-0.4, -0.2) is 69.8 Å². The van der Waals surface area contributed by atoms with Gasteiger partial charge in [0.2, 0.25) is 0 Å². The largest absolute Gasteiger partial charge is 0.462 e. The van der Waals surface area contributed by atoms with Gasteiger partial charge in [0.05, 0.1) is 12.3 Å². The van der Waals surface area contributed by atoms with Crippen molar-refractivity contribution in [2.75, 3.05) is 26.2 Å². The van der Waals surface area contributed by atoms with E-state index in [4.69, 9.17) is 4.74 Å². The third kappa shape index (κ3) is 5.31. The van der Waals surface area contributed by atoms with Crippen LogP contribution in [0.3, 0.4) is 0 Å². The lowest BCUT2D eigenvalue weighted by Gasteiger charge is -2.40. The number of carbonyl (C=O) groups excluding carboxylic acids is 3. The third-order valence-corrected chi connectivity index (χ3v) is 6.54. The van der Waals surface area contributed by atoms with Crippen LogP contribution in [0.2, 0.25) is 0 Å². The van der Waals surface area contributed by atoms with Gasteiger partial charge in [-0.3, -0.25) is 9.59 Å². The van der Waals surface area contributed by atoms with Crippen LogP contribution < -0.4 is 0 Å². The van der Waals surface area contributed by atoms with Gasteiger partial charge >= 0.3 is 5.97 Å². The van der Waals surface area contributed by atoms with Gasteiger partial charge in [0, 0.05) is 41.3 Å². The van der Waals surface area contributed by atoms with Gasteiger partial charge in [-0.15, -0.1) is 0 Å². The van der Waals surface area contributed by atoms with Crippen molar-refractivity contribution in [3.05, 3.63) is 81.6 Å². The van der Waals surface area contributed by atoms with Crippen LogP contribution >= 0.6 is 15.9 Å². The minimum Gasteiger partial charge on any atom is -0.462 e. The second-order valence-corrected chi connectivity index (χ2v) is 9.47. The first-order chi connectivity index (χ1) is 17.3. The van der Waals surface area contributed by atoms with Crippen molar-refractivity contribution in [1.29, 1.82) is 0 Å². The van der Waals surface area contributed by atoms with Crippen molar-refractivity contribution in [3.63, 3.8) is 0 Å². The zero-order chi connectivity index (χ0) is 25.8. The minimum absolute atomic E-state index is 0.0127. The van der Waals surface area contributed by atoms with E-state index >= 15 is 0 Å². The number of aryl methyl sites for hydroxylation is 1. The molecule has 3 aromatic rings. The molecule has 1 aliphatic heterocycles. The number of esters is 1. The van der Waals surface area contributed by atoms with Gasteiger partial charge in [0.1, 0.15) is 11.3 Å². The van der Waals surface area contributed by atoms with Crippen molar-refractivity contribution < 1.29 is 19.1 Å². The van der Waals surface area contributed by atoms with Crippen molar-refractivity contribution in [2.45, 2.75) is 26.8 Å². The van der Waals surface area contributed by atoms with E-state index in [1.165, 1.54) is 0 Å². The summed E-state index contributed by atoms with van der Waals surface area (Å²) in [6.07, 6.45) is 0. The summed E-state index contributed by atoms with van der Waals surface area (Å²) in [5.74, 6) is -0.745. The molecule has 0 N–H and O–H groups in total. The summed E-state index contributed by atoms with van der Waals surface area (Å²) >= 11 is 3.41. The Balaban J connectivity index is 1.63. The summed E-state index contributed by atoms with van der Waals surface area (Å²) < 4.78 is 6.04. The molecule has 2 amide bonds. The summed E-state index contributed by atoms with van der Waals surface area (Å²) in [6.45, 7) is 6.44. The summed E-state index contributed by atoms with van der Waals surface area (Å²) in [5, 5.41) is 0. The number of ether oxygens (including phenoxy) is 1. The Labute approximate surface area is 218 Å². The maximum atomic E-state index is 13.7. The highest BCUT2D eigenvalue weighted by atomic mass is 79.9. The molecule has 0 radical (unpaired) electrons. The molecule has 1 atom stereocenters. The lowest BCUT2D eigenvalue weighted by atomic mass is 10.1. The molecule has 9 heteroatoms. The molecule has 1 aliphatic rings. The lowest BCUT2D eigenvalue weighted by molar-refractivity contribution is 0.0406. The van der Waals surface area contributed by atoms with E-state index in [2.05, 4.69) is 25.9 Å². The van der Waals surface area contributed by atoms with Crippen LogP contribution in [0.4, 0.5) is 0 Å². The highest BCUT2D eigenvalue weighted by molar-refractivity contribution is 9.10. The molecule has 1 fully saturated rings. The standard InChI is InChI=1S/C27H27BrN4O4/c1-4-36-27(35)22-18(3)29-24(19-9-6-5-7-10-19)30-23(22)26(34)31-13-14-32(17(2)16-31)25(33)20-11-8-12-21(28)15-20/h5-12,15,17H,4,13-14,16H2,1-3H3. The fraction of sp³-hybridized carbons (Fsp3) is 0.296. The molecule has 36 heavy (non-hydrogen) atoms. The summed E-state index contributed by atoms with van der Waals surface area (Å²) in [4.78, 5) is 52.0.